The van der Waals surface area contributed by atoms with Gasteiger partial charge in [-0.25, -0.2) is 22.6 Å². The number of ether oxygens (including phenoxy) is 1. The number of aromatic nitrogens is 1. The van der Waals surface area contributed by atoms with Crippen LogP contribution in [0.25, 0.3) is 0 Å². The predicted molar refractivity (Wildman–Crippen MR) is 109 cm³/mol. The number of phenolic OH excluding ortho intramolecular Hbond substituents is 1. The normalized spacial score (nSPS) is 11.2. The lowest BCUT2D eigenvalue weighted by Gasteiger charge is -2.14. The van der Waals surface area contributed by atoms with Crippen molar-refractivity contribution in [1.29, 1.82) is 0 Å². The van der Waals surface area contributed by atoms with Gasteiger partial charge in [-0.15, -0.1) is 0 Å². The van der Waals surface area contributed by atoms with Gasteiger partial charge in [-0.05, 0) is 36.4 Å². The third-order valence-electron chi connectivity index (χ3n) is 4.04. The molecule has 0 radical (unpaired) electrons. The molecule has 0 aliphatic heterocycles. The van der Waals surface area contributed by atoms with E-state index in [1.54, 1.807) is 0 Å². The smallest absolute Gasteiger partial charge is 0.404 e. The quantitative estimate of drug-likeness (QED) is 0.326. The van der Waals surface area contributed by atoms with Crippen LogP contribution in [-0.4, -0.2) is 29.7 Å². The summed E-state index contributed by atoms with van der Waals surface area (Å²) >= 11 is 12.0. The molecule has 8 nitrogen and oxygen atoms in total. The zero-order valence-corrected chi connectivity index (χ0v) is 18.0. The number of phenols is 1. The molecule has 0 spiro atoms. The van der Waals surface area contributed by atoms with E-state index in [1.807, 2.05) is 5.32 Å². The highest BCUT2D eigenvalue weighted by Gasteiger charge is 2.24. The Morgan fingerprint density at radius 3 is 2.38 bits per heavy atom. The van der Waals surface area contributed by atoms with Crippen LogP contribution in [-0.2, 0) is 16.4 Å². The fourth-order valence-electron chi connectivity index (χ4n) is 2.54. The number of benzene rings is 2. The molecular weight excluding hydrogens is 493 g/mol. The number of pyridine rings is 1. The zero-order valence-electron chi connectivity index (χ0n) is 15.6. The average molecular weight is 505 g/mol. The summed E-state index contributed by atoms with van der Waals surface area (Å²) in [5.41, 5.74) is -0.232. The summed E-state index contributed by atoms with van der Waals surface area (Å²) in [6, 6.07) is 7.04. The molecule has 0 unspecified atom stereocenters. The summed E-state index contributed by atoms with van der Waals surface area (Å²) in [6.07, 6.45) is -1.41. The lowest BCUT2D eigenvalue weighted by atomic mass is 10.3. The Hall–Kier alpha value is -3.15. The van der Waals surface area contributed by atoms with Gasteiger partial charge in [0.25, 0.3) is 0 Å². The molecule has 1 heterocycles. The van der Waals surface area contributed by atoms with E-state index in [-0.39, 0.29) is 21.4 Å². The van der Waals surface area contributed by atoms with Crippen LogP contribution < -0.4 is 10.1 Å². The number of aromatic hydroxyl groups is 1. The number of sulfone groups is 1. The van der Waals surface area contributed by atoms with E-state index >= 15 is 0 Å². The minimum atomic E-state index is -4.28. The summed E-state index contributed by atoms with van der Waals surface area (Å²) in [5.74, 6) is -3.12. The van der Waals surface area contributed by atoms with Crippen LogP contribution in [0, 0.1) is 11.8 Å². The second-order valence-corrected chi connectivity index (χ2v) is 8.83. The molecule has 1 amide bonds. The molecule has 0 saturated carbocycles. The number of halogens is 4. The van der Waals surface area contributed by atoms with Crippen molar-refractivity contribution in [3.05, 3.63) is 70.0 Å². The van der Waals surface area contributed by atoms with Gasteiger partial charge in [-0.3, -0.25) is 0 Å². The van der Waals surface area contributed by atoms with Crippen molar-refractivity contribution >= 4 is 39.1 Å². The van der Waals surface area contributed by atoms with Crippen molar-refractivity contribution in [3.8, 4) is 17.2 Å². The molecular formula is C19H12Cl2F2N2O6S. The van der Waals surface area contributed by atoms with E-state index in [0.717, 1.165) is 36.4 Å². The monoisotopic (exact) mass is 504 g/mol. The highest BCUT2D eigenvalue weighted by Crippen LogP contribution is 2.41. The van der Waals surface area contributed by atoms with Gasteiger partial charge in [0, 0.05) is 6.07 Å². The first-order chi connectivity index (χ1) is 15.0. The molecule has 13 heteroatoms. The van der Waals surface area contributed by atoms with Gasteiger partial charge >= 0.3 is 6.09 Å². The van der Waals surface area contributed by atoms with Crippen molar-refractivity contribution in [2.75, 3.05) is 0 Å². The Kier molecular flexibility index (Phi) is 6.72. The third kappa shape index (κ3) is 4.85. The molecule has 0 aliphatic carbocycles. The van der Waals surface area contributed by atoms with Gasteiger partial charge in [0.15, 0.2) is 5.75 Å². The highest BCUT2D eigenvalue weighted by molar-refractivity contribution is 7.91. The number of nitrogens with one attached hydrogen (secondary N) is 1. The van der Waals surface area contributed by atoms with Crippen LogP contribution >= 0.6 is 23.2 Å². The maximum atomic E-state index is 14.1. The van der Waals surface area contributed by atoms with Crippen LogP contribution in [0.5, 0.6) is 17.2 Å². The lowest BCUT2D eigenvalue weighted by Crippen LogP contribution is -2.21. The van der Waals surface area contributed by atoms with Crippen molar-refractivity contribution in [1.82, 2.24) is 10.3 Å². The minimum absolute atomic E-state index is 0.199. The van der Waals surface area contributed by atoms with Crippen LogP contribution in [0.3, 0.4) is 0 Å². The fraction of sp³-hybridized carbons (Fsp3) is 0.0526. The maximum absolute atomic E-state index is 14.1. The van der Waals surface area contributed by atoms with Gasteiger partial charge in [0.1, 0.15) is 32.3 Å². The maximum Gasteiger partial charge on any atom is 0.404 e. The van der Waals surface area contributed by atoms with E-state index in [1.165, 1.54) is 6.07 Å². The minimum Gasteiger partial charge on any atom is -0.507 e. The van der Waals surface area contributed by atoms with Crippen LogP contribution in [0.1, 0.15) is 5.69 Å². The molecule has 0 saturated heterocycles. The van der Waals surface area contributed by atoms with E-state index in [2.05, 4.69) is 4.98 Å². The van der Waals surface area contributed by atoms with Gasteiger partial charge in [0.2, 0.25) is 15.8 Å². The third-order valence-corrected chi connectivity index (χ3v) is 6.55. The molecule has 0 atom stereocenters. The highest BCUT2D eigenvalue weighted by atomic mass is 35.5. The number of hydrogen-bond acceptors (Lipinski definition) is 6. The number of nitrogens with zero attached hydrogens (tertiary/aromatic N) is 1. The summed E-state index contributed by atoms with van der Waals surface area (Å²) < 4.78 is 58.4. The number of carboxylic acid groups (broad SMARTS) is 1. The first-order valence-electron chi connectivity index (χ1n) is 8.52. The Labute approximate surface area is 189 Å². The van der Waals surface area contributed by atoms with Crippen molar-refractivity contribution in [2.24, 2.45) is 0 Å². The standard InChI is InChI=1S/C19H12Cl2F2N2O6S/c20-15-12(8-24-19(27)28)25-18(23)16(21)17(15)31-10-3-6-13(26)14(7-10)32(29,30)11-4-1-9(22)2-5-11/h1-7,24,26H,8H2,(H,27,28). The molecule has 0 bridgehead atoms. The van der Waals surface area contributed by atoms with Crippen molar-refractivity contribution < 1.29 is 36.9 Å². The average Bonchev–Trinajstić information content (AvgIpc) is 2.74. The van der Waals surface area contributed by atoms with E-state index < -0.39 is 55.7 Å². The fourth-order valence-corrected chi connectivity index (χ4v) is 4.36. The molecule has 168 valence electrons. The van der Waals surface area contributed by atoms with Crippen LogP contribution in [0.4, 0.5) is 13.6 Å². The van der Waals surface area contributed by atoms with Crippen molar-refractivity contribution in [2.45, 2.75) is 16.3 Å². The molecule has 1 aromatic heterocycles. The van der Waals surface area contributed by atoms with Crippen LogP contribution in [0.15, 0.2) is 52.3 Å². The van der Waals surface area contributed by atoms with E-state index in [9.17, 15) is 27.1 Å². The Balaban J connectivity index is 2.03. The Morgan fingerprint density at radius 2 is 1.75 bits per heavy atom. The lowest BCUT2D eigenvalue weighted by molar-refractivity contribution is 0.193. The largest absolute Gasteiger partial charge is 0.507 e. The molecule has 0 aliphatic rings. The van der Waals surface area contributed by atoms with Gasteiger partial charge in [-0.2, -0.15) is 4.39 Å². The molecule has 0 fully saturated rings. The van der Waals surface area contributed by atoms with E-state index in [0.29, 0.717) is 0 Å². The molecule has 2 aromatic carbocycles. The zero-order chi connectivity index (χ0) is 23.6. The SMILES string of the molecule is O=C(O)NCc1nc(F)c(Cl)c(Oc2ccc(O)c(S(=O)(=O)c3ccc(F)cc3)c2)c1Cl. The number of rotatable bonds is 6. The first-order valence-corrected chi connectivity index (χ1v) is 10.8. The number of hydrogen-bond donors (Lipinski definition) is 3. The summed E-state index contributed by atoms with van der Waals surface area (Å²) in [4.78, 5) is 13.3. The second-order valence-electron chi connectivity index (χ2n) is 6.15. The Morgan fingerprint density at radius 1 is 1.09 bits per heavy atom. The molecule has 32 heavy (non-hydrogen) atoms. The van der Waals surface area contributed by atoms with Gasteiger partial charge < -0.3 is 20.3 Å². The summed E-state index contributed by atoms with van der Waals surface area (Å²) in [6.45, 7) is -0.460. The number of carbonyl (C=O) groups is 1. The summed E-state index contributed by atoms with van der Waals surface area (Å²) in [7, 11) is -4.28. The summed E-state index contributed by atoms with van der Waals surface area (Å²) in [5, 5.41) is 19.8. The van der Waals surface area contributed by atoms with Gasteiger partial charge in [0.05, 0.1) is 17.1 Å². The number of amides is 1. The second kappa shape index (κ2) is 9.15. The first kappa shape index (κ1) is 23.5. The van der Waals surface area contributed by atoms with E-state index in [4.69, 9.17) is 33.0 Å². The molecule has 3 aromatic rings. The Bertz CT molecular complexity index is 1300. The van der Waals surface area contributed by atoms with Crippen molar-refractivity contribution in [3.63, 3.8) is 0 Å². The van der Waals surface area contributed by atoms with Crippen LogP contribution in [0.2, 0.25) is 10.0 Å². The topological polar surface area (TPSA) is 126 Å². The molecule has 3 N–H and O–H groups in total. The molecule has 3 rings (SSSR count). The van der Waals surface area contributed by atoms with Gasteiger partial charge in [-0.1, -0.05) is 23.2 Å². The predicted octanol–water partition coefficient (Wildman–Crippen LogP) is 4.76.